The van der Waals surface area contributed by atoms with Gasteiger partial charge in [-0.25, -0.2) is 22.2 Å². The molecule has 4 N–H and O–H groups in total. The summed E-state index contributed by atoms with van der Waals surface area (Å²) >= 11 is 0. The van der Waals surface area contributed by atoms with Gasteiger partial charge in [-0.3, -0.25) is 4.98 Å². The number of fused-ring (bicyclic) bond motifs is 1. The lowest BCUT2D eigenvalue weighted by Gasteiger charge is -2.39. The van der Waals surface area contributed by atoms with Gasteiger partial charge in [-0.1, -0.05) is 19.8 Å². The van der Waals surface area contributed by atoms with Gasteiger partial charge in [-0.05, 0) is 79.0 Å². The van der Waals surface area contributed by atoms with Gasteiger partial charge in [0.2, 0.25) is 5.95 Å². The molecule has 2 fully saturated rings. The van der Waals surface area contributed by atoms with Gasteiger partial charge >= 0.3 is 0 Å². The first-order valence-corrected chi connectivity index (χ1v) is 17.3. The van der Waals surface area contributed by atoms with E-state index in [4.69, 9.17) is 10.5 Å². The summed E-state index contributed by atoms with van der Waals surface area (Å²) in [4.78, 5) is 8.77. The van der Waals surface area contributed by atoms with Crippen LogP contribution in [0.3, 0.4) is 0 Å². The second-order valence-electron chi connectivity index (χ2n) is 12.6. The second kappa shape index (κ2) is 12.3. The Labute approximate surface area is 261 Å². The molecule has 2 saturated carbocycles. The zero-order valence-electron chi connectivity index (χ0n) is 25.3. The van der Waals surface area contributed by atoms with Crippen LogP contribution in [0.4, 0.5) is 20.4 Å². The number of nitrogens with two attached hydrogens (primary N) is 1. The van der Waals surface area contributed by atoms with E-state index in [1.54, 1.807) is 30.7 Å². The Morgan fingerprint density at radius 3 is 2.56 bits per heavy atom. The number of benzene rings is 1. The molecule has 0 aliphatic heterocycles. The minimum absolute atomic E-state index is 0.0488. The molecule has 45 heavy (non-hydrogen) atoms. The molecule has 0 spiro atoms. The highest BCUT2D eigenvalue weighted by atomic mass is 32.2. The maximum atomic E-state index is 15.4. The van der Waals surface area contributed by atoms with Gasteiger partial charge in [-0.2, -0.15) is 9.61 Å². The van der Waals surface area contributed by atoms with Crippen molar-refractivity contribution in [3.8, 4) is 11.3 Å². The number of aromatic nitrogens is 4. The van der Waals surface area contributed by atoms with Crippen LogP contribution < -0.4 is 11.1 Å². The van der Waals surface area contributed by atoms with Crippen LogP contribution in [0.2, 0.25) is 0 Å². The van der Waals surface area contributed by atoms with Gasteiger partial charge < -0.3 is 20.9 Å². The van der Waals surface area contributed by atoms with Crippen molar-refractivity contribution < 1.29 is 27.0 Å². The van der Waals surface area contributed by atoms with Crippen LogP contribution in [-0.2, 0) is 20.2 Å². The largest absolute Gasteiger partial charge is 0.385 e. The monoisotopic (exact) mass is 640 g/mol. The molecule has 3 aromatic heterocycles. The number of hydrogen-bond acceptors (Lipinski definition) is 9. The van der Waals surface area contributed by atoms with Crippen LogP contribution in [0.5, 0.6) is 0 Å². The summed E-state index contributed by atoms with van der Waals surface area (Å²) < 4.78 is 61.2. The van der Waals surface area contributed by atoms with Crippen molar-refractivity contribution >= 4 is 27.0 Å². The summed E-state index contributed by atoms with van der Waals surface area (Å²) in [7, 11) is -3.13. The van der Waals surface area contributed by atoms with Gasteiger partial charge in [0, 0.05) is 18.5 Å². The van der Waals surface area contributed by atoms with Gasteiger partial charge in [0.05, 0.1) is 58.9 Å². The molecule has 240 valence electrons. The normalized spacial score (nSPS) is 23.4. The second-order valence-corrected chi connectivity index (χ2v) is 14.8. The van der Waals surface area contributed by atoms with Crippen LogP contribution in [0, 0.1) is 17.6 Å². The minimum Gasteiger partial charge on any atom is -0.385 e. The van der Waals surface area contributed by atoms with Crippen molar-refractivity contribution in [1.82, 2.24) is 19.6 Å². The quantitative estimate of drug-likeness (QED) is 0.234. The molecule has 4 atom stereocenters. The van der Waals surface area contributed by atoms with E-state index < -0.39 is 27.1 Å². The topological polar surface area (TPSA) is 145 Å². The van der Waals surface area contributed by atoms with Crippen LogP contribution in [-0.4, -0.2) is 63.9 Å². The van der Waals surface area contributed by atoms with Crippen LogP contribution in [0.1, 0.15) is 62.5 Å². The first-order valence-electron chi connectivity index (χ1n) is 15.2. The average molecular weight is 641 g/mol. The molecule has 2 aliphatic carbocycles. The highest BCUT2D eigenvalue weighted by Gasteiger charge is 2.37. The van der Waals surface area contributed by atoms with E-state index in [2.05, 4.69) is 27.3 Å². The van der Waals surface area contributed by atoms with Crippen molar-refractivity contribution in [2.24, 2.45) is 11.7 Å². The van der Waals surface area contributed by atoms with Crippen LogP contribution in [0.15, 0.2) is 48.9 Å². The third-order valence-electron chi connectivity index (χ3n) is 9.15. The highest BCUT2D eigenvalue weighted by Crippen LogP contribution is 2.42. The number of nitrogens with one attached hydrogen (secondary N) is 1. The van der Waals surface area contributed by atoms with E-state index in [-0.39, 0.29) is 53.2 Å². The molecule has 4 aromatic rings. The molecular formula is C32H38F2N6O4S. The van der Waals surface area contributed by atoms with Crippen molar-refractivity contribution in [2.75, 3.05) is 23.9 Å². The minimum atomic E-state index is -3.13. The van der Waals surface area contributed by atoms with Crippen molar-refractivity contribution in [2.45, 2.75) is 69.1 Å². The van der Waals surface area contributed by atoms with Crippen LogP contribution in [0.25, 0.3) is 16.8 Å². The standard InChI is InChI=1S/C32H38F2N6O4S/c1-19-13-20(14-26(35)30(19)44-11-12-45(2,42)43)23-7-10-36-18-28(23)38-31-37-17-22-5-6-27(39-40(22)31)29-24(33)15-21(16-25(29)34)32(41)8-3-4-9-32/h5-7,10,15-20,26,30,41H,3-4,8-9,11-14,35H2,1-2H3,(H,37,38). The number of halogens is 2. The molecule has 3 heterocycles. The Morgan fingerprint density at radius 1 is 1.13 bits per heavy atom. The Bertz CT molecular complexity index is 1780. The number of pyridine rings is 1. The number of anilines is 2. The molecular weight excluding hydrogens is 602 g/mol. The van der Waals surface area contributed by atoms with Gasteiger partial charge in [0.1, 0.15) is 21.5 Å². The molecule has 0 amide bonds. The van der Waals surface area contributed by atoms with Crippen LogP contribution >= 0.6 is 0 Å². The summed E-state index contributed by atoms with van der Waals surface area (Å²) in [5.41, 5.74) is 7.68. The molecule has 6 rings (SSSR count). The maximum absolute atomic E-state index is 15.4. The summed E-state index contributed by atoms with van der Waals surface area (Å²) in [6.07, 6.45) is 9.90. The highest BCUT2D eigenvalue weighted by molar-refractivity contribution is 7.90. The SMILES string of the molecule is CC1CC(c2ccncc2Nc2ncc3ccc(-c4c(F)cc(C5(O)CCCC5)cc4F)nn23)CC(N)C1OCCS(C)(=O)=O. The van der Waals surface area contributed by atoms with E-state index in [0.29, 0.717) is 36.4 Å². The van der Waals surface area contributed by atoms with Gasteiger partial charge in [0.15, 0.2) is 0 Å². The van der Waals surface area contributed by atoms with E-state index in [1.807, 2.05) is 6.07 Å². The fraction of sp³-hybridized carbons (Fsp3) is 0.469. The number of ether oxygens (including phenoxy) is 1. The van der Waals surface area contributed by atoms with E-state index >= 15 is 8.78 Å². The van der Waals surface area contributed by atoms with E-state index in [1.165, 1.54) is 22.9 Å². The molecule has 0 saturated heterocycles. The molecule has 0 radical (unpaired) electrons. The fourth-order valence-corrected chi connectivity index (χ4v) is 7.26. The molecule has 13 heteroatoms. The lowest BCUT2D eigenvalue weighted by molar-refractivity contribution is -0.0152. The average Bonchev–Trinajstić information content (AvgIpc) is 3.60. The molecule has 0 bridgehead atoms. The summed E-state index contributed by atoms with van der Waals surface area (Å²) in [6, 6.07) is 7.29. The number of sulfone groups is 1. The van der Waals surface area contributed by atoms with Gasteiger partial charge in [0.25, 0.3) is 0 Å². The van der Waals surface area contributed by atoms with Gasteiger partial charge in [-0.15, -0.1) is 0 Å². The Kier molecular flexibility index (Phi) is 8.63. The first-order chi connectivity index (χ1) is 21.4. The predicted molar refractivity (Wildman–Crippen MR) is 167 cm³/mol. The smallest absolute Gasteiger partial charge is 0.229 e. The van der Waals surface area contributed by atoms with Crippen molar-refractivity contribution in [3.05, 3.63) is 71.7 Å². The molecule has 10 nitrogen and oxygen atoms in total. The van der Waals surface area contributed by atoms with Crippen molar-refractivity contribution in [1.29, 1.82) is 0 Å². The number of nitrogens with zero attached hydrogens (tertiary/aromatic N) is 4. The van der Waals surface area contributed by atoms with E-state index in [0.717, 1.165) is 24.8 Å². The zero-order chi connectivity index (χ0) is 31.9. The van der Waals surface area contributed by atoms with E-state index in [9.17, 15) is 13.5 Å². The molecule has 4 unspecified atom stereocenters. The number of rotatable bonds is 9. The predicted octanol–water partition coefficient (Wildman–Crippen LogP) is 4.85. The Morgan fingerprint density at radius 2 is 1.87 bits per heavy atom. The first kappa shape index (κ1) is 31.5. The Hall–Kier alpha value is -3.52. The number of hydrogen-bond donors (Lipinski definition) is 3. The summed E-state index contributed by atoms with van der Waals surface area (Å²) in [6.45, 7) is 2.16. The lowest BCUT2D eigenvalue weighted by Crippen LogP contribution is -2.47. The fourth-order valence-electron chi connectivity index (χ4n) is 6.86. The number of aliphatic hydroxyl groups is 1. The third-order valence-corrected chi connectivity index (χ3v) is 10.1. The number of imidazole rings is 1. The summed E-state index contributed by atoms with van der Waals surface area (Å²) in [5.74, 6) is -1.13. The third kappa shape index (κ3) is 6.57. The molecule has 1 aromatic carbocycles. The molecule has 2 aliphatic rings. The zero-order valence-corrected chi connectivity index (χ0v) is 26.1. The maximum Gasteiger partial charge on any atom is 0.229 e. The lowest BCUT2D eigenvalue weighted by atomic mass is 9.74. The summed E-state index contributed by atoms with van der Waals surface area (Å²) in [5, 5.41) is 18.7. The van der Waals surface area contributed by atoms with Crippen molar-refractivity contribution in [3.63, 3.8) is 0 Å². The Balaban J connectivity index is 1.24.